The van der Waals surface area contributed by atoms with E-state index in [4.69, 9.17) is 28.2 Å². The fraction of sp³-hybridized carbons (Fsp3) is 0.0833. The van der Waals surface area contributed by atoms with Crippen molar-refractivity contribution in [1.82, 2.24) is 4.98 Å². The molecule has 0 amide bonds. The monoisotopic (exact) mass is 420 g/mol. The number of carbonyl (C=O) groups excluding carboxylic acids is 1. The fourth-order valence-electron chi connectivity index (χ4n) is 3.49. The lowest BCUT2D eigenvalue weighted by Gasteiger charge is -2.16. The van der Waals surface area contributed by atoms with Gasteiger partial charge in [-0.25, -0.2) is 4.98 Å². The van der Waals surface area contributed by atoms with Crippen molar-refractivity contribution in [2.24, 2.45) is 0 Å². The van der Waals surface area contributed by atoms with Crippen molar-refractivity contribution >= 4 is 51.9 Å². The Balaban J connectivity index is 1.85. The molecule has 0 bridgehead atoms. The molecule has 0 saturated carbocycles. The van der Waals surface area contributed by atoms with Crippen LogP contribution in [0.2, 0.25) is 10.0 Å². The highest BCUT2D eigenvalue weighted by Crippen LogP contribution is 2.35. The number of benzene rings is 3. The number of anilines is 2. The largest absolute Gasteiger partial charge is 0.340 e. The van der Waals surface area contributed by atoms with Gasteiger partial charge in [0.05, 0.1) is 5.52 Å². The number of aldehydes is 1. The molecule has 3 aromatic carbocycles. The van der Waals surface area contributed by atoms with Crippen molar-refractivity contribution in [3.05, 3.63) is 87.9 Å². The molecule has 0 unspecified atom stereocenters. The molecular weight excluding hydrogens is 403 g/mol. The quantitative estimate of drug-likeness (QED) is 0.353. The van der Waals surface area contributed by atoms with Crippen LogP contribution >= 0.6 is 23.2 Å². The zero-order valence-corrected chi connectivity index (χ0v) is 17.3. The van der Waals surface area contributed by atoms with Crippen LogP contribution in [-0.4, -0.2) is 11.3 Å². The molecule has 29 heavy (non-hydrogen) atoms. The number of halogens is 2. The van der Waals surface area contributed by atoms with Gasteiger partial charge >= 0.3 is 0 Å². The number of rotatable bonds is 5. The maximum Gasteiger partial charge on any atom is 0.131 e. The van der Waals surface area contributed by atoms with Crippen LogP contribution in [0.3, 0.4) is 0 Å². The van der Waals surface area contributed by atoms with Gasteiger partial charge in [-0.3, -0.25) is 0 Å². The zero-order valence-electron chi connectivity index (χ0n) is 15.7. The number of hydrogen-bond donors (Lipinski definition) is 1. The van der Waals surface area contributed by atoms with Crippen LogP contribution in [0.15, 0.2) is 66.7 Å². The van der Waals surface area contributed by atoms with Gasteiger partial charge in [-0.2, -0.15) is 0 Å². The molecular formula is C24H18Cl2N2O. The topological polar surface area (TPSA) is 42.0 Å². The van der Waals surface area contributed by atoms with Gasteiger partial charge in [0.25, 0.3) is 0 Å². The predicted octanol–water partition coefficient (Wildman–Crippen LogP) is 7.00. The van der Waals surface area contributed by atoms with Crippen LogP contribution < -0.4 is 5.32 Å². The summed E-state index contributed by atoms with van der Waals surface area (Å²) >= 11 is 12.0. The molecule has 5 heteroatoms. The number of aromatic nitrogens is 1. The highest BCUT2D eigenvalue weighted by atomic mass is 35.5. The Kier molecular flexibility index (Phi) is 5.52. The van der Waals surface area contributed by atoms with Crippen molar-refractivity contribution < 1.29 is 4.79 Å². The second-order valence-electron chi connectivity index (χ2n) is 6.82. The standard InChI is InChI=1S/C24H18Cl2N2O/c1-15-14-22-21(10-11-23(28-22)27-19-8-6-18(26)7-9-19)24(20(15)12-13-29)16-2-4-17(25)5-3-16/h2-11,13-14H,12H2,1H3,(H,27,28). The third-order valence-corrected chi connectivity index (χ3v) is 5.37. The van der Waals surface area contributed by atoms with E-state index in [1.807, 2.05) is 73.7 Å². The Hall–Kier alpha value is -2.88. The second-order valence-corrected chi connectivity index (χ2v) is 7.69. The van der Waals surface area contributed by atoms with Gasteiger partial charge in [-0.05, 0) is 83.8 Å². The van der Waals surface area contributed by atoms with E-state index >= 15 is 0 Å². The first-order chi connectivity index (χ1) is 14.0. The third kappa shape index (κ3) is 4.12. The summed E-state index contributed by atoms with van der Waals surface area (Å²) in [5.41, 5.74) is 5.85. The summed E-state index contributed by atoms with van der Waals surface area (Å²) < 4.78 is 0. The molecule has 0 atom stereocenters. The molecule has 1 N–H and O–H groups in total. The lowest BCUT2D eigenvalue weighted by atomic mass is 9.90. The number of pyridine rings is 1. The highest BCUT2D eigenvalue weighted by Gasteiger charge is 2.14. The first-order valence-electron chi connectivity index (χ1n) is 9.20. The maximum absolute atomic E-state index is 11.3. The first-order valence-corrected chi connectivity index (χ1v) is 9.96. The molecule has 0 saturated heterocycles. The summed E-state index contributed by atoms with van der Waals surface area (Å²) in [5.74, 6) is 0.740. The van der Waals surface area contributed by atoms with Gasteiger partial charge in [-0.15, -0.1) is 0 Å². The number of carbonyl (C=O) groups is 1. The van der Waals surface area contributed by atoms with Crippen molar-refractivity contribution in [3.8, 4) is 11.1 Å². The van der Waals surface area contributed by atoms with E-state index < -0.39 is 0 Å². The normalized spacial score (nSPS) is 10.9. The van der Waals surface area contributed by atoms with Crippen molar-refractivity contribution in [2.45, 2.75) is 13.3 Å². The summed E-state index contributed by atoms with van der Waals surface area (Å²) in [7, 11) is 0. The minimum atomic E-state index is 0.352. The molecule has 4 aromatic rings. The van der Waals surface area contributed by atoms with E-state index in [1.54, 1.807) is 0 Å². The average molecular weight is 421 g/mol. The molecule has 0 fully saturated rings. The molecule has 0 aliphatic heterocycles. The molecule has 3 nitrogen and oxygen atoms in total. The minimum Gasteiger partial charge on any atom is -0.340 e. The van der Waals surface area contributed by atoms with Gasteiger partial charge in [0.2, 0.25) is 0 Å². The SMILES string of the molecule is Cc1cc2nc(Nc3ccc(Cl)cc3)ccc2c(-c2ccc(Cl)cc2)c1CC=O. The highest BCUT2D eigenvalue weighted by molar-refractivity contribution is 6.31. The van der Waals surface area contributed by atoms with Gasteiger partial charge in [0.15, 0.2) is 0 Å². The van der Waals surface area contributed by atoms with Gasteiger partial charge in [0.1, 0.15) is 12.1 Å². The summed E-state index contributed by atoms with van der Waals surface area (Å²) in [6.45, 7) is 2.01. The summed E-state index contributed by atoms with van der Waals surface area (Å²) in [5, 5.41) is 5.67. The maximum atomic E-state index is 11.3. The Morgan fingerprint density at radius 1 is 0.931 bits per heavy atom. The second kappa shape index (κ2) is 8.24. The van der Waals surface area contributed by atoms with Crippen molar-refractivity contribution in [2.75, 3.05) is 5.32 Å². The fourth-order valence-corrected chi connectivity index (χ4v) is 3.74. The molecule has 144 valence electrons. The van der Waals surface area contributed by atoms with Crippen LogP contribution in [0.1, 0.15) is 11.1 Å². The molecule has 0 aliphatic carbocycles. The molecule has 4 rings (SSSR count). The van der Waals surface area contributed by atoms with Crippen LogP contribution in [-0.2, 0) is 11.2 Å². The van der Waals surface area contributed by atoms with E-state index in [0.29, 0.717) is 16.5 Å². The molecule has 0 spiro atoms. The Morgan fingerprint density at radius 3 is 2.24 bits per heavy atom. The molecule has 0 radical (unpaired) electrons. The summed E-state index contributed by atoms with van der Waals surface area (Å²) in [6.07, 6.45) is 1.29. The van der Waals surface area contributed by atoms with Crippen LogP contribution in [0, 0.1) is 6.92 Å². The van der Waals surface area contributed by atoms with E-state index in [9.17, 15) is 4.79 Å². The summed E-state index contributed by atoms with van der Waals surface area (Å²) in [6, 6.07) is 21.2. The van der Waals surface area contributed by atoms with E-state index in [2.05, 4.69) is 5.32 Å². The number of fused-ring (bicyclic) bond motifs is 1. The van der Waals surface area contributed by atoms with Crippen molar-refractivity contribution in [1.29, 1.82) is 0 Å². The minimum absolute atomic E-state index is 0.352. The van der Waals surface area contributed by atoms with Gasteiger partial charge < -0.3 is 10.1 Å². The lowest BCUT2D eigenvalue weighted by Crippen LogP contribution is -1.99. The van der Waals surface area contributed by atoms with Gasteiger partial charge in [0, 0.05) is 27.5 Å². The van der Waals surface area contributed by atoms with E-state index in [1.165, 1.54) is 0 Å². The van der Waals surface area contributed by atoms with Crippen LogP contribution in [0.4, 0.5) is 11.5 Å². The average Bonchev–Trinajstić information content (AvgIpc) is 2.71. The first kappa shape index (κ1) is 19.4. The van der Waals surface area contributed by atoms with Crippen LogP contribution in [0.25, 0.3) is 22.0 Å². The number of aryl methyl sites for hydroxylation is 1. The van der Waals surface area contributed by atoms with E-state index in [-0.39, 0.29) is 0 Å². The van der Waals surface area contributed by atoms with E-state index in [0.717, 1.165) is 50.9 Å². The molecule has 1 aromatic heterocycles. The number of nitrogens with one attached hydrogen (secondary N) is 1. The summed E-state index contributed by atoms with van der Waals surface area (Å²) in [4.78, 5) is 16.1. The third-order valence-electron chi connectivity index (χ3n) is 4.86. The number of hydrogen-bond acceptors (Lipinski definition) is 3. The smallest absolute Gasteiger partial charge is 0.131 e. The Labute approximate surface area is 179 Å². The van der Waals surface area contributed by atoms with Gasteiger partial charge in [-0.1, -0.05) is 35.3 Å². The predicted molar refractivity (Wildman–Crippen MR) is 121 cm³/mol. The van der Waals surface area contributed by atoms with Crippen LogP contribution in [0.5, 0.6) is 0 Å². The zero-order chi connectivity index (χ0) is 20.4. The Bertz CT molecular complexity index is 1190. The van der Waals surface area contributed by atoms with Crippen molar-refractivity contribution in [3.63, 3.8) is 0 Å². The Morgan fingerprint density at radius 2 is 1.59 bits per heavy atom. The lowest BCUT2D eigenvalue weighted by molar-refractivity contribution is -0.107. The number of nitrogens with zero attached hydrogens (tertiary/aromatic N) is 1. The molecule has 0 aliphatic rings. The molecule has 1 heterocycles.